The van der Waals surface area contributed by atoms with E-state index in [4.69, 9.17) is 4.74 Å². The van der Waals surface area contributed by atoms with Gasteiger partial charge in [0.15, 0.2) is 0 Å². The molecule has 2 aromatic carbocycles. The van der Waals surface area contributed by atoms with E-state index >= 15 is 0 Å². The number of fused-ring (bicyclic) bond motifs is 3. The summed E-state index contributed by atoms with van der Waals surface area (Å²) in [6, 6.07) is 7.70. The molecule has 4 heteroatoms. The zero-order chi connectivity index (χ0) is 16.6. The van der Waals surface area contributed by atoms with Crippen LogP contribution in [0.4, 0.5) is 0 Å². The monoisotopic (exact) mass is 311 g/mol. The molecule has 1 heterocycles. The minimum atomic E-state index is -0.188. The van der Waals surface area contributed by atoms with Crippen LogP contribution in [-0.4, -0.2) is 22.3 Å². The molecule has 0 bridgehead atoms. The molecule has 1 aromatic heterocycles. The van der Waals surface area contributed by atoms with Crippen LogP contribution in [0.5, 0.6) is 11.5 Å². The Hall–Kier alpha value is -2.46. The summed E-state index contributed by atoms with van der Waals surface area (Å²) >= 11 is 0. The van der Waals surface area contributed by atoms with E-state index in [1.54, 1.807) is 7.11 Å². The van der Waals surface area contributed by atoms with Crippen LogP contribution in [0.3, 0.4) is 0 Å². The Balaban J connectivity index is 2.34. The van der Waals surface area contributed by atoms with Crippen molar-refractivity contribution >= 4 is 21.8 Å². The Labute approximate surface area is 135 Å². The molecule has 0 saturated carbocycles. The largest absolute Gasteiger partial charge is 0.507 e. The van der Waals surface area contributed by atoms with Gasteiger partial charge in [-0.3, -0.25) is 0 Å². The summed E-state index contributed by atoms with van der Waals surface area (Å²) in [7, 11) is 1.64. The number of phenols is 1. The lowest BCUT2D eigenvalue weighted by Gasteiger charge is -2.09. The minimum Gasteiger partial charge on any atom is -0.507 e. The zero-order valence-electron chi connectivity index (χ0n) is 13.6. The van der Waals surface area contributed by atoms with Crippen LogP contribution in [0.25, 0.3) is 21.8 Å². The summed E-state index contributed by atoms with van der Waals surface area (Å²) in [5, 5.41) is 22.1. The van der Waals surface area contributed by atoms with E-state index < -0.39 is 0 Å². The third kappa shape index (κ3) is 2.66. The van der Waals surface area contributed by atoms with Gasteiger partial charge in [0, 0.05) is 28.0 Å². The van der Waals surface area contributed by atoms with E-state index in [0.29, 0.717) is 12.0 Å². The Kier molecular flexibility index (Phi) is 4.01. The van der Waals surface area contributed by atoms with Gasteiger partial charge in [-0.15, -0.1) is 0 Å². The predicted octanol–water partition coefficient (Wildman–Crippen LogP) is 4.04. The highest BCUT2D eigenvalue weighted by Crippen LogP contribution is 2.37. The van der Waals surface area contributed by atoms with Crippen molar-refractivity contribution in [3.8, 4) is 11.5 Å². The first-order chi connectivity index (χ1) is 11.0. The summed E-state index contributed by atoms with van der Waals surface area (Å²) in [5.74, 6) is 0.942. The van der Waals surface area contributed by atoms with Crippen molar-refractivity contribution in [2.24, 2.45) is 0 Å². The van der Waals surface area contributed by atoms with E-state index in [0.717, 1.165) is 33.1 Å². The summed E-state index contributed by atoms with van der Waals surface area (Å²) in [4.78, 5) is 3.39. The number of benzene rings is 2. The van der Waals surface area contributed by atoms with E-state index in [2.05, 4.69) is 11.1 Å². The van der Waals surface area contributed by atoms with Crippen LogP contribution < -0.4 is 4.74 Å². The number of allylic oxidation sites excluding steroid dienone is 2. The third-order valence-electron chi connectivity index (χ3n) is 4.14. The van der Waals surface area contributed by atoms with Crippen LogP contribution in [0.15, 0.2) is 35.9 Å². The highest BCUT2D eigenvalue weighted by atomic mass is 16.5. The molecule has 0 unspecified atom stereocenters. The fourth-order valence-electron chi connectivity index (χ4n) is 2.89. The molecule has 3 rings (SSSR count). The molecule has 0 fully saturated rings. The Morgan fingerprint density at radius 3 is 2.65 bits per heavy atom. The first-order valence-corrected chi connectivity index (χ1v) is 7.62. The van der Waals surface area contributed by atoms with Gasteiger partial charge in [0.1, 0.15) is 11.5 Å². The Morgan fingerprint density at radius 2 is 2.00 bits per heavy atom. The number of aromatic amines is 1. The smallest absolute Gasteiger partial charge is 0.126 e. The maximum atomic E-state index is 10.5. The fourth-order valence-corrected chi connectivity index (χ4v) is 2.89. The maximum absolute atomic E-state index is 10.5. The first-order valence-electron chi connectivity index (χ1n) is 7.62. The van der Waals surface area contributed by atoms with Gasteiger partial charge in [-0.25, -0.2) is 0 Å². The van der Waals surface area contributed by atoms with E-state index in [1.807, 2.05) is 38.1 Å². The van der Waals surface area contributed by atoms with Crippen molar-refractivity contribution in [3.05, 3.63) is 47.0 Å². The standard InChI is InChI=1S/C19H21NO3/c1-11(2)4-6-15-18-16(8-12(10-21)19(15)22)14-7-5-13(23-3)9-17(14)20-18/h4-5,7-9,20-22H,6,10H2,1-3H3. The zero-order valence-corrected chi connectivity index (χ0v) is 13.6. The summed E-state index contributed by atoms with van der Waals surface area (Å²) in [6.07, 6.45) is 2.68. The average Bonchev–Trinajstić information content (AvgIpc) is 2.90. The number of hydrogen-bond donors (Lipinski definition) is 3. The molecule has 0 aliphatic rings. The summed E-state index contributed by atoms with van der Waals surface area (Å²) in [6.45, 7) is 3.87. The van der Waals surface area contributed by atoms with Gasteiger partial charge >= 0.3 is 0 Å². The molecule has 0 atom stereocenters. The third-order valence-corrected chi connectivity index (χ3v) is 4.14. The molecular formula is C19H21NO3. The summed E-state index contributed by atoms with van der Waals surface area (Å²) < 4.78 is 5.28. The number of aliphatic hydroxyl groups excluding tert-OH is 1. The van der Waals surface area contributed by atoms with Crippen molar-refractivity contribution in [2.45, 2.75) is 26.9 Å². The van der Waals surface area contributed by atoms with Gasteiger partial charge in [0.05, 0.1) is 24.8 Å². The lowest BCUT2D eigenvalue weighted by Crippen LogP contribution is -1.92. The second-order valence-corrected chi connectivity index (χ2v) is 5.97. The number of nitrogens with one attached hydrogen (secondary N) is 1. The molecule has 0 aliphatic carbocycles. The number of methoxy groups -OCH3 is 1. The molecular weight excluding hydrogens is 290 g/mol. The van der Waals surface area contributed by atoms with Gasteiger partial charge in [-0.1, -0.05) is 11.6 Å². The molecule has 120 valence electrons. The summed E-state index contributed by atoms with van der Waals surface area (Å²) in [5.41, 5.74) is 4.40. The number of aliphatic hydroxyl groups is 1. The van der Waals surface area contributed by atoms with Gasteiger partial charge in [0.2, 0.25) is 0 Å². The van der Waals surface area contributed by atoms with Crippen molar-refractivity contribution in [1.29, 1.82) is 0 Å². The van der Waals surface area contributed by atoms with E-state index in [9.17, 15) is 10.2 Å². The molecule has 0 spiro atoms. The van der Waals surface area contributed by atoms with Crippen molar-refractivity contribution in [2.75, 3.05) is 7.11 Å². The molecule has 3 N–H and O–H groups in total. The topological polar surface area (TPSA) is 65.5 Å². The van der Waals surface area contributed by atoms with Crippen LogP contribution in [-0.2, 0) is 13.0 Å². The second kappa shape index (κ2) is 5.97. The molecule has 0 aliphatic heterocycles. The van der Waals surface area contributed by atoms with Gasteiger partial charge < -0.3 is 19.9 Å². The highest BCUT2D eigenvalue weighted by Gasteiger charge is 2.16. The number of H-pyrrole nitrogens is 1. The SMILES string of the molecule is COc1ccc2c(c1)[nH]c1c(CC=C(C)C)c(O)c(CO)cc12. The molecule has 0 radical (unpaired) electrons. The minimum absolute atomic E-state index is 0.163. The highest BCUT2D eigenvalue weighted by molar-refractivity contribution is 6.09. The van der Waals surface area contributed by atoms with Gasteiger partial charge in [-0.05, 0) is 38.5 Å². The van der Waals surface area contributed by atoms with Crippen molar-refractivity contribution in [3.63, 3.8) is 0 Å². The number of rotatable bonds is 4. The lowest BCUT2D eigenvalue weighted by atomic mass is 10.00. The van der Waals surface area contributed by atoms with E-state index in [1.165, 1.54) is 5.57 Å². The fraction of sp³-hybridized carbons (Fsp3) is 0.263. The number of hydrogen-bond acceptors (Lipinski definition) is 3. The Bertz CT molecular complexity index is 902. The van der Waals surface area contributed by atoms with Gasteiger partial charge in [0.25, 0.3) is 0 Å². The molecule has 3 aromatic rings. The quantitative estimate of drug-likeness (QED) is 0.637. The molecule has 0 saturated heterocycles. The predicted molar refractivity (Wildman–Crippen MR) is 93.1 cm³/mol. The van der Waals surface area contributed by atoms with E-state index in [-0.39, 0.29) is 12.4 Å². The average molecular weight is 311 g/mol. The van der Waals surface area contributed by atoms with Crippen LogP contribution in [0.2, 0.25) is 0 Å². The Morgan fingerprint density at radius 1 is 1.22 bits per heavy atom. The number of aromatic hydroxyl groups is 1. The van der Waals surface area contributed by atoms with Gasteiger partial charge in [-0.2, -0.15) is 0 Å². The normalized spacial score (nSPS) is 11.1. The molecule has 0 amide bonds. The van der Waals surface area contributed by atoms with Crippen molar-refractivity contribution in [1.82, 2.24) is 4.98 Å². The number of aromatic nitrogens is 1. The van der Waals surface area contributed by atoms with Crippen LogP contribution in [0.1, 0.15) is 25.0 Å². The maximum Gasteiger partial charge on any atom is 0.126 e. The second-order valence-electron chi connectivity index (χ2n) is 5.97. The molecule has 4 nitrogen and oxygen atoms in total. The van der Waals surface area contributed by atoms with Crippen LogP contribution >= 0.6 is 0 Å². The van der Waals surface area contributed by atoms with Crippen LogP contribution in [0, 0.1) is 0 Å². The first kappa shape index (κ1) is 15.4. The molecule has 23 heavy (non-hydrogen) atoms. The number of ether oxygens (including phenoxy) is 1. The lowest BCUT2D eigenvalue weighted by molar-refractivity contribution is 0.275. The van der Waals surface area contributed by atoms with Crippen molar-refractivity contribution < 1.29 is 14.9 Å².